The molecular formula is C21H29F2N5O2. The molecule has 0 spiro atoms. The number of para-hydroxylation sites is 2. The lowest BCUT2D eigenvalue weighted by Gasteiger charge is -2.41. The number of benzene rings is 1. The molecular weight excluding hydrogens is 392 g/mol. The number of fused-ring (bicyclic) bond motifs is 1. The molecule has 4 rings (SSSR count). The van der Waals surface area contributed by atoms with E-state index in [2.05, 4.69) is 14.8 Å². The summed E-state index contributed by atoms with van der Waals surface area (Å²) in [6.07, 6.45) is 0. The Bertz CT molecular complexity index is 875. The number of aromatic nitrogens is 2. The fourth-order valence-electron chi connectivity index (χ4n) is 4.44. The van der Waals surface area contributed by atoms with Crippen LogP contribution in [0.25, 0.3) is 11.0 Å². The van der Waals surface area contributed by atoms with Crippen molar-refractivity contribution in [3.63, 3.8) is 0 Å². The summed E-state index contributed by atoms with van der Waals surface area (Å²) in [5.41, 5.74) is 1.04. The predicted molar refractivity (Wildman–Crippen MR) is 109 cm³/mol. The molecule has 1 aromatic carbocycles. The fraction of sp³-hybridized carbons (Fsp3) is 0.619. The number of rotatable bonds is 5. The Balaban J connectivity index is 1.42. The third-order valence-electron chi connectivity index (χ3n) is 6.32. The number of hydrogen-bond acceptors (Lipinski definition) is 5. The van der Waals surface area contributed by atoms with Gasteiger partial charge in [-0.1, -0.05) is 12.1 Å². The van der Waals surface area contributed by atoms with Gasteiger partial charge in [-0.3, -0.25) is 19.2 Å². The largest absolute Gasteiger partial charge is 0.378 e. The van der Waals surface area contributed by atoms with E-state index in [1.165, 1.54) is 0 Å². The van der Waals surface area contributed by atoms with Crippen LogP contribution in [0.1, 0.15) is 32.3 Å². The molecule has 30 heavy (non-hydrogen) atoms. The number of alkyl halides is 2. The lowest BCUT2D eigenvalue weighted by molar-refractivity contribution is -0.141. The van der Waals surface area contributed by atoms with Crippen molar-refractivity contribution < 1.29 is 18.3 Å². The number of carbonyl (C=O) groups is 1. The zero-order valence-corrected chi connectivity index (χ0v) is 17.5. The Morgan fingerprint density at radius 3 is 2.30 bits per heavy atom. The van der Waals surface area contributed by atoms with Gasteiger partial charge in [0.25, 0.3) is 0 Å². The van der Waals surface area contributed by atoms with Crippen molar-refractivity contribution >= 4 is 16.9 Å². The van der Waals surface area contributed by atoms with Crippen LogP contribution in [0.15, 0.2) is 24.3 Å². The van der Waals surface area contributed by atoms with E-state index in [0.717, 1.165) is 17.7 Å². The van der Waals surface area contributed by atoms with Crippen molar-refractivity contribution in [2.75, 3.05) is 52.5 Å². The topological polar surface area (TPSA) is 53.8 Å². The summed E-state index contributed by atoms with van der Waals surface area (Å²) in [5.74, 6) is 0.524. The summed E-state index contributed by atoms with van der Waals surface area (Å²) < 4.78 is 34.0. The second kappa shape index (κ2) is 8.95. The quantitative estimate of drug-likeness (QED) is 0.742. The zero-order chi connectivity index (χ0) is 21.3. The molecule has 0 radical (unpaired) electrons. The number of carbonyl (C=O) groups excluding carboxylic acids is 1. The number of morpholine rings is 1. The zero-order valence-electron chi connectivity index (χ0n) is 17.5. The minimum atomic E-state index is -2.64. The van der Waals surface area contributed by atoms with E-state index in [4.69, 9.17) is 4.74 Å². The van der Waals surface area contributed by atoms with E-state index in [1.54, 1.807) is 18.2 Å². The lowest BCUT2D eigenvalue weighted by atomic mass is 10.1. The van der Waals surface area contributed by atoms with E-state index in [1.807, 2.05) is 24.8 Å². The van der Waals surface area contributed by atoms with Gasteiger partial charge in [0, 0.05) is 39.3 Å². The van der Waals surface area contributed by atoms with Gasteiger partial charge in [-0.2, -0.15) is 8.78 Å². The summed E-state index contributed by atoms with van der Waals surface area (Å²) in [7, 11) is 0. The van der Waals surface area contributed by atoms with E-state index >= 15 is 0 Å². The van der Waals surface area contributed by atoms with Crippen molar-refractivity contribution in [3.8, 4) is 0 Å². The Morgan fingerprint density at radius 2 is 1.63 bits per heavy atom. The molecule has 7 nitrogen and oxygen atoms in total. The normalized spacial score (nSPS) is 21.3. The number of nitrogens with zero attached hydrogens (tertiary/aromatic N) is 5. The van der Waals surface area contributed by atoms with Crippen LogP contribution >= 0.6 is 0 Å². The van der Waals surface area contributed by atoms with E-state index in [9.17, 15) is 13.6 Å². The van der Waals surface area contributed by atoms with Gasteiger partial charge in [0.1, 0.15) is 5.82 Å². The van der Waals surface area contributed by atoms with Crippen LogP contribution in [0.4, 0.5) is 8.78 Å². The molecule has 2 atom stereocenters. The van der Waals surface area contributed by atoms with Crippen LogP contribution in [0.2, 0.25) is 0 Å². The smallest absolute Gasteiger partial charge is 0.320 e. The van der Waals surface area contributed by atoms with Crippen molar-refractivity contribution in [2.45, 2.75) is 32.5 Å². The Morgan fingerprint density at radius 1 is 1.00 bits per heavy atom. The fourth-order valence-corrected chi connectivity index (χ4v) is 4.44. The molecule has 9 heteroatoms. The number of imidazole rings is 1. The molecule has 0 bridgehead atoms. The lowest BCUT2D eigenvalue weighted by Crippen LogP contribution is -2.56. The maximum absolute atomic E-state index is 13.8. The van der Waals surface area contributed by atoms with Gasteiger partial charge in [-0.25, -0.2) is 4.98 Å². The van der Waals surface area contributed by atoms with Gasteiger partial charge in [0.05, 0.1) is 36.3 Å². The summed E-state index contributed by atoms with van der Waals surface area (Å²) in [6, 6.07) is 6.59. The SMILES string of the molecule is CC(C(=O)N1CCOCC1)N1CCN(C(C)c2nc3ccccc3n2C(F)F)CC1. The first-order valence-corrected chi connectivity index (χ1v) is 10.6. The van der Waals surface area contributed by atoms with Crippen LogP contribution in [-0.2, 0) is 9.53 Å². The molecule has 2 fully saturated rings. The highest BCUT2D eigenvalue weighted by molar-refractivity contribution is 5.81. The highest BCUT2D eigenvalue weighted by atomic mass is 19.3. The Kier molecular flexibility index (Phi) is 6.31. The van der Waals surface area contributed by atoms with E-state index in [-0.39, 0.29) is 18.0 Å². The molecule has 2 saturated heterocycles. The predicted octanol–water partition coefficient (Wildman–Crippen LogP) is 2.36. The molecule has 164 valence electrons. The van der Waals surface area contributed by atoms with Crippen molar-refractivity contribution in [3.05, 3.63) is 30.1 Å². The number of ether oxygens (including phenoxy) is 1. The number of halogens is 2. The highest BCUT2D eigenvalue weighted by Gasteiger charge is 2.32. The molecule has 2 aromatic rings. The third kappa shape index (κ3) is 4.06. The Labute approximate surface area is 175 Å². The monoisotopic (exact) mass is 421 g/mol. The second-order valence-electron chi connectivity index (χ2n) is 7.97. The van der Waals surface area contributed by atoms with Crippen LogP contribution in [0.3, 0.4) is 0 Å². The average Bonchev–Trinajstić information content (AvgIpc) is 3.18. The molecule has 0 aliphatic carbocycles. The molecule has 1 aromatic heterocycles. The maximum atomic E-state index is 13.8. The summed E-state index contributed by atoms with van der Waals surface area (Å²) >= 11 is 0. The van der Waals surface area contributed by atoms with Crippen molar-refractivity contribution in [1.82, 2.24) is 24.3 Å². The van der Waals surface area contributed by atoms with Crippen molar-refractivity contribution in [1.29, 1.82) is 0 Å². The molecule has 2 aliphatic heterocycles. The van der Waals surface area contributed by atoms with Crippen LogP contribution in [0, 0.1) is 0 Å². The van der Waals surface area contributed by atoms with E-state index < -0.39 is 6.55 Å². The summed E-state index contributed by atoms with van der Waals surface area (Å²) in [4.78, 5) is 23.5. The third-order valence-corrected chi connectivity index (χ3v) is 6.32. The highest BCUT2D eigenvalue weighted by Crippen LogP contribution is 2.30. The van der Waals surface area contributed by atoms with E-state index in [0.29, 0.717) is 56.3 Å². The second-order valence-corrected chi connectivity index (χ2v) is 7.97. The minimum Gasteiger partial charge on any atom is -0.378 e. The summed E-state index contributed by atoms with van der Waals surface area (Å²) in [5, 5.41) is 0. The number of hydrogen-bond donors (Lipinski definition) is 0. The van der Waals surface area contributed by atoms with Gasteiger partial charge in [0.2, 0.25) is 5.91 Å². The van der Waals surface area contributed by atoms with Gasteiger partial charge in [0.15, 0.2) is 0 Å². The van der Waals surface area contributed by atoms with Gasteiger partial charge >= 0.3 is 6.55 Å². The van der Waals surface area contributed by atoms with Gasteiger partial charge in [-0.15, -0.1) is 0 Å². The first-order valence-electron chi connectivity index (χ1n) is 10.6. The van der Waals surface area contributed by atoms with Gasteiger partial charge < -0.3 is 9.64 Å². The molecule has 0 saturated carbocycles. The minimum absolute atomic E-state index is 0.138. The summed E-state index contributed by atoms with van der Waals surface area (Å²) in [6.45, 7) is 6.56. The molecule has 0 N–H and O–H groups in total. The van der Waals surface area contributed by atoms with Crippen LogP contribution in [0.5, 0.6) is 0 Å². The van der Waals surface area contributed by atoms with Crippen LogP contribution in [-0.4, -0.2) is 88.7 Å². The number of piperazine rings is 1. The first kappa shape index (κ1) is 21.1. The molecule has 2 unspecified atom stereocenters. The maximum Gasteiger partial charge on any atom is 0.320 e. The standard InChI is InChI=1S/C21H29F2N5O2/c1-15(19-24-17-5-3-4-6-18(17)28(19)21(22)23)25-7-9-26(10-8-25)16(2)20(29)27-11-13-30-14-12-27/h3-6,15-16,21H,7-14H2,1-2H3. The van der Waals surface area contributed by atoms with Crippen molar-refractivity contribution in [2.24, 2.45) is 0 Å². The number of amides is 1. The van der Waals surface area contributed by atoms with Gasteiger partial charge in [-0.05, 0) is 26.0 Å². The first-order chi connectivity index (χ1) is 14.5. The Hall–Kier alpha value is -2.10. The van der Waals surface area contributed by atoms with Crippen LogP contribution < -0.4 is 0 Å². The molecule has 2 aliphatic rings. The molecule has 1 amide bonds. The average molecular weight is 421 g/mol. The molecule has 3 heterocycles.